The Labute approximate surface area is 104 Å². The fraction of sp³-hybridized carbons (Fsp3) is 0.923. The molecule has 3 atom stereocenters. The number of carbonyl (C=O) groups is 1. The fourth-order valence-electron chi connectivity index (χ4n) is 2.49. The fourth-order valence-corrected chi connectivity index (χ4v) is 2.49. The molecule has 100 valence electrons. The Morgan fingerprint density at radius 3 is 2.59 bits per heavy atom. The van der Waals surface area contributed by atoms with Crippen molar-refractivity contribution in [3.63, 3.8) is 0 Å². The highest BCUT2D eigenvalue weighted by molar-refractivity contribution is 5.79. The van der Waals surface area contributed by atoms with Gasteiger partial charge in [0.25, 0.3) is 0 Å². The minimum Gasteiger partial charge on any atom is -0.378 e. The topological polar surface area (TPSA) is 64.3 Å². The van der Waals surface area contributed by atoms with Crippen LogP contribution in [0.3, 0.4) is 0 Å². The first-order valence-corrected chi connectivity index (χ1v) is 6.75. The lowest BCUT2D eigenvalue weighted by Crippen LogP contribution is -2.44. The molecule has 1 rings (SSSR count). The molecule has 0 aromatic heterocycles. The Morgan fingerprint density at radius 2 is 2.12 bits per heavy atom. The molecule has 4 nitrogen and oxygen atoms in total. The van der Waals surface area contributed by atoms with Crippen molar-refractivity contribution in [2.75, 3.05) is 13.2 Å². The van der Waals surface area contributed by atoms with Crippen LogP contribution < -0.4 is 11.1 Å². The van der Waals surface area contributed by atoms with Gasteiger partial charge in [0.2, 0.25) is 5.91 Å². The summed E-state index contributed by atoms with van der Waals surface area (Å²) in [5.74, 6) is 0.591. The van der Waals surface area contributed by atoms with E-state index in [0.717, 1.165) is 19.3 Å². The number of hydrogen-bond donors (Lipinski definition) is 2. The van der Waals surface area contributed by atoms with E-state index >= 15 is 0 Å². The molecule has 0 bridgehead atoms. The van der Waals surface area contributed by atoms with E-state index in [1.165, 1.54) is 0 Å². The van der Waals surface area contributed by atoms with Crippen LogP contribution in [-0.2, 0) is 9.53 Å². The standard InChI is InChI=1S/C13H26N2O2/c1-4-10(5-2)12(14)8-15-13(16)11-6-7-17-9(11)3/h9-12H,4-8,14H2,1-3H3,(H,15,16). The van der Waals surface area contributed by atoms with E-state index in [0.29, 0.717) is 19.1 Å². The third-order valence-electron chi connectivity index (χ3n) is 3.88. The summed E-state index contributed by atoms with van der Waals surface area (Å²) < 4.78 is 5.39. The van der Waals surface area contributed by atoms with Gasteiger partial charge in [0.1, 0.15) is 0 Å². The van der Waals surface area contributed by atoms with Gasteiger partial charge in [-0.15, -0.1) is 0 Å². The van der Waals surface area contributed by atoms with Crippen LogP contribution in [0.1, 0.15) is 40.0 Å². The van der Waals surface area contributed by atoms with E-state index in [1.54, 1.807) is 0 Å². The summed E-state index contributed by atoms with van der Waals surface area (Å²) in [6.45, 7) is 7.51. The van der Waals surface area contributed by atoms with Crippen molar-refractivity contribution < 1.29 is 9.53 Å². The van der Waals surface area contributed by atoms with Crippen molar-refractivity contribution in [1.29, 1.82) is 0 Å². The van der Waals surface area contributed by atoms with Crippen LogP contribution in [0.4, 0.5) is 0 Å². The summed E-state index contributed by atoms with van der Waals surface area (Å²) in [6, 6.07) is 0.0616. The van der Waals surface area contributed by atoms with Crippen molar-refractivity contribution in [2.45, 2.75) is 52.2 Å². The van der Waals surface area contributed by atoms with E-state index in [2.05, 4.69) is 19.2 Å². The molecule has 1 fully saturated rings. The highest BCUT2D eigenvalue weighted by Gasteiger charge is 2.30. The second-order valence-corrected chi connectivity index (χ2v) is 4.96. The van der Waals surface area contributed by atoms with Crippen molar-refractivity contribution in [2.24, 2.45) is 17.6 Å². The van der Waals surface area contributed by atoms with Crippen LogP contribution in [0.15, 0.2) is 0 Å². The zero-order valence-corrected chi connectivity index (χ0v) is 11.2. The molecule has 4 heteroatoms. The van der Waals surface area contributed by atoms with Gasteiger partial charge >= 0.3 is 0 Å². The molecule has 0 aromatic rings. The van der Waals surface area contributed by atoms with Crippen LogP contribution in [0.25, 0.3) is 0 Å². The number of amides is 1. The number of rotatable bonds is 6. The van der Waals surface area contributed by atoms with Crippen molar-refractivity contribution in [3.8, 4) is 0 Å². The second-order valence-electron chi connectivity index (χ2n) is 4.96. The third-order valence-corrected chi connectivity index (χ3v) is 3.88. The number of ether oxygens (including phenoxy) is 1. The summed E-state index contributed by atoms with van der Waals surface area (Å²) in [7, 11) is 0. The first kappa shape index (κ1) is 14.5. The molecule has 1 heterocycles. The molecule has 0 saturated carbocycles. The van der Waals surface area contributed by atoms with Crippen molar-refractivity contribution >= 4 is 5.91 Å². The molecule has 1 amide bonds. The minimum absolute atomic E-state index is 0.00361. The molecule has 1 saturated heterocycles. The number of carbonyl (C=O) groups excluding carboxylic acids is 1. The molecular weight excluding hydrogens is 216 g/mol. The first-order valence-electron chi connectivity index (χ1n) is 6.75. The summed E-state index contributed by atoms with van der Waals surface area (Å²) in [5.41, 5.74) is 6.07. The number of nitrogens with two attached hydrogens (primary N) is 1. The Balaban J connectivity index is 2.32. The first-order chi connectivity index (χ1) is 8.10. The van der Waals surface area contributed by atoms with Crippen LogP contribution in [-0.4, -0.2) is 31.2 Å². The predicted octanol–water partition coefficient (Wildman–Crippen LogP) is 1.29. The van der Waals surface area contributed by atoms with E-state index in [-0.39, 0.29) is 24.0 Å². The smallest absolute Gasteiger partial charge is 0.225 e. The zero-order valence-electron chi connectivity index (χ0n) is 11.2. The molecule has 1 aliphatic heterocycles. The lowest BCUT2D eigenvalue weighted by Gasteiger charge is -2.22. The Kier molecular flexibility index (Phi) is 5.92. The molecule has 0 aromatic carbocycles. The highest BCUT2D eigenvalue weighted by atomic mass is 16.5. The van der Waals surface area contributed by atoms with Crippen LogP contribution in [0.2, 0.25) is 0 Å². The third kappa shape index (κ3) is 3.96. The minimum atomic E-state index is 0.00361. The van der Waals surface area contributed by atoms with Crippen molar-refractivity contribution in [1.82, 2.24) is 5.32 Å². The average Bonchev–Trinajstić information content (AvgIpc) is 2.74. The van der Waals surface area contributed by atoms with E-state index in [4.69, 9.17) is 10.5 Å². The molecular formula is C13H26N2O2. The second kappa shape index (κ2) is 6.97. The Bertz CT molecular complexity index is 242. The van der Waals surface area contributed by atoms with Gasteiger partial charge in [-0.2, -0.15) is 0 Å². The van der Waals surface area contributed by atoms with Gasteiger partial charge in [0.05, 0.1) is 12.0 Å². The van der Waals surface area contributed by atoms with Gasteiger partial charge < -0.3 is 15.8 Å². The summed E-state index contributed by atoms with van der Waals surface area (Å²) in [5, 5.41) is 2.96. The van der Waals surface area contributed by atoms with Crippen LogP contribution in [0.5, 0.6) is 0 Å². The van der Waals surface area contributed by atoms with E-state index in [9.17, 15) is 4.79 Å². The van der Waals surface area contributed by atoms with E-state index < -0.39 is 0 Å². The molecule has 17 heavy (non-hydrogen) atoms. The van der Waals surface area contributed by atoms with Gasteiger partial charge in [-0.3, -0.25) is 4.79 Å². The maximum absolute atomic E-state index is 11.9. The normalized spacial score (nSPS) is 26.2. The monoisotopic (exact) mass is 242 g/mol. The largest absolute Gasteiger partial charge is 0.378 e. The average molecular weight is 242 g/mol. The lowest BCUT2D eigenvalue weighted by atomic mass is 9.94. The maximum atomic E-state index is 11.9. The van der Waals surface area contributed by atoms with Gasteiger partial charge in [-0.05, 0) is 19.3 Å². The number of hydrogen-bond acceptors (Lipinski definition) is 3. The van der Waals surface area contributed by atoms with Gasteiger partial charge in [0, 0.05) is 19.2 Å². The molecule has 3 unspecified atom stereocenters. The van der Waals surface area contributed by atoms with E-state index in [1.807, 2.05) is 6.92 Å². The zero-order chi connectivity index (χ0) is 12.8. The molecule has 0 aliphatic carbocycles. The van der Waals surface area contributed by atoms with Gasteiger partial charge in [-0.1, -0.05) is 26.7 Å². The van der Waals surface area contributed by atoms with Gasteiger partial charge in [-0.25, -0.2) is 0 Å². The molecule has 0 radical (unpaired) electrons. The lowest BCUT2D eigenvalue weighted by molar-refractivity contribution is -0.126. The maximum Gasteiger partial charge on any atom is 0.225 e. The van der Waals surface area contributed by atoms with Gasteiger partial charge in [0.15, 0.2) is 0 Å². The Hall–Kier alpha value is -0.610. The predicted molar refractivity (Wildman–Crippen MR) is 68.6 cm³/mol. The molecule has 0 spiro atoms. The van der Waals surface area contributed by atoms with Crippen molar-refractivity contribution in [3.05, 3.63) is 0 Å². The molecule has 1 aliphatic rings. The highest BCUT2D eigenvalue weighted by Crippen LogP contribution is 2.20. The Morgan fingerprint density at radius 1 is 1.47 bits per heavy atom. The summed E-state index contributed by atoms with van der Waals surface area (Å²) in [4.78, 5) is 11.9. The number of nitrogens with one attached hydrogen (secondary N) is 1. The SMILES string of the molecule is CCC(CC)C(N)CNC(=O)C1CCOC1C. The summed E-state index contributed by atoms with van der Waals surface area (Å²) in [6.07, 6.45) is 3.00. The quantitative estimate of drug-likeness (QED) is 0.737. The van der Waals surface area contributed by atoms with Crippen LogP contribution in [0, 0.1) is 11.8 Å². The molecule has 3 N–H and O–H groups in total. The van der Waals surface area contributed by atoms with Crippen LogP contribution >= 0.6 is 0 Å². The summed E-state index contributed by atoms with van der Waals surface area (Å²) >= 11 is 0.